The molecule has 3 rings (SSSR count). The monoisotopic (exact) mass is 375 g/mol. The van der Waals surface area contributed by atoms with Crippen molar-refractivity contribution in [1.29, 1.82) is 0 Å². The van der Waals surface area contributed by atoms with E-state index < -0.39 is 15.8 Å². The van der Waals surface area contributed by atoms with Crippen LogP contribution in [0.1, 0.15) is 23.0 Å². The van der Waals surface area contributed by atoms with Crippen molar-refractivity contribution >= 4 is 26.7 Å². The van der Waals surface area contributed by atoms with Gasteiger partial charge >= 0.3 is 5.97 Å². The third kappa shape index (κ3) is 2.82. The highest BCUT2D eigenvalue weighted by Crippen LogP contribution is 2.35. The Hall–Kier alpha value is -2.87. The van der Waals surface area contributed by atoms with Crippen molar-refractivity contribution < 1.29 is 27.1 Å². The van der Waals surface area contributed by atoms with Gasteiger partial charge in [0.25, 0.3) is 0 Å². The Labute approximate surface area is 150 Å². The van der Waals surface area contributed by atoms with Crippen LogP contribution in [0.25, 0.3) is 10.9 Å². The number of nitrogens with zero attached hydrogens (tertiary/aromatic N) is 1. The van der Waals surface area contributed by atoms with Crippen molar-refractivity contribution in [2.45, 2.75) is 23.6 Å². The summed E-state index contributed by atoms with van der Waals surface area (Å²) in [6.45, 7) is 3.30. The quantitative estimate of drug-likeness (QED) is 0.632. The molecule has 7 nitrogen and oxygen atoms in total. The predicted octanol–water partition coefficient (Wildman–Crippen LogP) is 3.15. The molecular formula is C18H17NO6S. The molecular weight excluding hydrogens is 358 g/mol. The van der Waals surface area contributed by atoms with Crippen molar-refractivity contribution in [3.05, 3.63) is 48.0 Å². The minimum absolute atomic E-state index is 0.0154. The number of hydrogen-bond acceptors (Lipinski definition) is 7. The number of sulfone groups is 1. The maximum atomic E-state index is 13.3. The number of carbonyl (C=O) groups excluding carboxylic acids is 1. The molecule has 0 fully saturated rings. The van der Waals surface area contributed by atoms with Crippen molar-refractivity contribution in [3.63, 3.8) is 0 Å². The number of fused-ring (bicyclic) bond motifs is 1. The van der Waals surface area contributed by atoms with Gasteiger partial charge < -0.3 is 13.9 Å². The second-order valence-corrected chi connectivity index (χ2v) is 7.28. The third-order valence-corrected chi connectivity index (χ3v) is 5.88. The summed E-state index contributed by atoms with van der Waals surface area (Å²) in [7, 11) is -2.60. The van der Waals surface area contributed by atoms with E-state index in [0.717, 1.165) is 0 Å². The van der Waals surface area contributed by atoms with Crippen molar-refractivity contribution in [2.75, 3.05) is 13.7 Å². The topological polar surface area (TPSA) is 95.7 Å². The van der Waals surface area contributed by atoms with Gasteiger partial charge in [0.1, 0.15) is 21.9 Å². The lowest BCUT2D eigenvalue weighted by atomic mass is 10.1. The molecule has 0 saturated carbocycles. The molecule has 0 atom stereocenters. The average Bonchev–Trinajstić information content (AvgIpc) is 3.07. The second-order valence-electron chi connectivity index (χ2n) is 5.42. The fourth-order valence-electron chi connectivity index (χ4n) is 2.74. The molecule has 3 aromatic rings. The van der Waals surface area contributed by atoms with Crippen LogP contribution in [0, 0.1) is 6.92 Å². The summed E-state index contributed by atoms with van der Waals surface area (Å²) < 4.78 is 42.1. The number of benzene rings is 1. The van der Waals surface area contributed by atoms with E-state index in [1.54, 1.807) is 32.0 Å². The Morgan fingerprint density at radius 1 is 1.27 bits per heavy atom. The standard InChI is InChI=1S/C18H17NO6S/c1-4-24-18(20)13-10-19-16-12(6-5-7-14(16)23-3)17(13)26(21,22)15-8-9-25-11(15)2/h5-10H,4H2,1-3H3. The Balaban J connectivity index is 2.42. The van der Waals surface area contributed by atoms with Crippen molar-refractivity contribution in [2.24, 2.45) is 0 Å². The highest BCUT2D eigenvalue weighted by molar-refractivity contribution is 7.91. The summed E-state index contributed by atoms with van der Waals surface area (Å²) in [5.41, 5.74) is 0.205. The largest absolute Gasteiger partial charge is 0.494 e. The van der Waals surface area contributed by atoms with E-state index in [9.17, 15) is 13.2 Å². The number of furan rings is 1. The Morgan fingerprint density at radius 3 is 2.65 bits per heavy atom. The van der Waals surface area contributed by atoms with E-state index >= 15 is 0 Å². The summed E-state index contributed by atoms with van der Waals surface area (Å²) in [6.07, 6.45) is 2.49. The van der Waals surface area contributed by atoms with Gasteiger partial charge in [-0.3, -0.25) is 4.98 Å². The molecule has 0 bridgehead atoms. The average molecular weight is 375 g/mol. The van der Waals surface area contributed by atoms with E-state index in [1.165, 1.54) is 25.6 Å². The highest BCUT2D eigenvalue weighted by atomic mass is 32.2. The van der Waals surface area contributed by atoms with Crippen LogP contribution >= 0.6 is 0 Å². The molecule has 26 heavy (non-hydrogen) atoms. The van der Waals surface area contributed by atoms with Crippen LogP contribution < -0.4 is 4.74 Å². The first-order valence-electron chi connectivity index (χ1n) is 7.83. The molecule has 0 spiro atoms. The number of aromatic nitrogens is 1. The number of rotatable bonds is 5. The van der Waals surface area contributed by atoms with Gasteiger partial charge in [0.2, 0.25) is 9.84 Å². The zero-order valence-corrected chi connectivity index (χ0v) is 15.3. The van der Waals surface area contributed by atoms with Crippen LogP contribution in [0.3, 0.4) is 0 Å². The highest BCUT2D eigenvalue weighted by Gasteiger charge is 2.31. The van der Waals surface area contributed by atoms with E-state index in [0.29, 0.717) is 11.3 Å². The molecule has 1 aromatic carbocycles. The molecule has 0 aliphatic heterocycles. The van der Waals surface area contributed by atoms with Gasteiger partial charge in [0.15, 0.2) is 0 Å². The SMILES string of the molecule is CCOC(=O)c1cnc2c(OC)cccc2c1S(=O)(=O)c1ccoc1C. The van der Waals surface area contributed by atoms with E-state index in [2.05, 4.69) is 4.98 Å². The van der Waals surface area contributed by atoms with Crippen LogP contribution in [0.2, 0.25) is 0 Å². The zero-order valence-electron chi connectivity index (χ0n) is 14.5. The maximum Gasteiger partial charge on any atom is 0.341 e. The summed E-state index contributed by atoms with van der Waals surface area (Å²) in [6, 6.07) is 6.24. The molecule has 136 valence electrons. The number of para-hydroxylation sites is 1. The molecule has 8 heteroatoms. The summed E-state index contributed by atoms with van der Waals surface area (Å²) >= 11 is 0. The number of pyridine rings is 1. The molecule has 0 aliphatic carbocycles. The number of ether oxygens (including phenoxy) is 2. The fraction of sp³-hybridized carbons (Fsp3) is 0.222. The Kier molecular flexibility index (Phi) is 4.69. The van der Waals surface area contributed by atoms with Gasteiger partial charge in [-0.1, -0.05) is 12.1 Å². The molecule has 0 aliphatic rings. The van der Waals surface area contributed by atoms with E-state index in [-0.39, 0.29) is 33.1 Å². The van der Waals surface area contributed by atoms with Crippen LogP contribution in [0.15, 0.2) is 50.9 Å². The normalized spacial score (nSPS) is 11.5. The zero-order chi connectivity index (χ0) is 18.9. The fourth-order valence-corrected chi connectivity index (χ4v) is 4.50. The van der Waals surface area contributed by atoms with Crippen molar-refractivity contribution in [1.82, 2.24) is 4.98 Å². The van der Waals surface area contributed by atoms with Gasteiger partial charge in [-0.2, -0.15) is 0 Å². The number of methoxy groups -OCH3 is 1. The molecule has 0 N–H and O–H groups in total. The van der Waals surface area contributed by atoms with Crippen LogP contribution in [0.5, 0.6) is 5.75 Å². The second kappa shape index (κ2) is 6.80. The molecule has 2 aromatic heterocycles. The van der Waals surface area contributed by atoms with E-state index in [1.807, 2.05) is 0 Å². The van der Waals surface area contributed by atoms with E-state index in [4.69, 9.17) is 13.9 Å². The molecule has 2 heterocycles. The van der Waals surface area contributed by atoms with Gasteiger partial charge in [0.05, 0.1) is 30.4 Å². The number of carbonyl (C=O) groups is 1. The molecule has 0 saturated heterocycles. The third-order valence-electron chi connectivity index (χ3n) is 3.90. The van der Waals surface area contributed by atoms with Crippen LogP contribution in [0.4, 0.5) is 0 Å². The van der Waals surface area contributed by atoms with Gasteiger partial charge in [-0.05, 0) is 26.0 Å². The van der Waals surface area contributed by atoms with Gasteiger partial charge in [-0.15, -0.1) is 0 Å². The number of hydrogen-bond donors (Lipinski definition) is 0. The Bertz CT molecular complexity index is 1080. The number of esters is 1. The molecule has 0 unspecified atom stereocenters. The summed E-state index contributed by atoms with van der Waals surface area (Å²) in [5.74, 6) is -0.129. The predicted molar refractivity (Wildman–Crippen MR) is 93.1 cm³/mol. The first-order chi connectivity index (χ1) is 12.4. The van der Waals surface area contributed by atoms with Gasteiger partial charge in [0, 0.05) is 11.6 Å². The van der Waals surface area contributed by atoms with Crippen LogP contribution in [-0.4, -0.2) is 33.1 Å². The first-order valence-corrected chi connectivity index (χ1v) is 9.32. The lowest BCUT2D eigenvalue weighted by molar-refractivity contribution is 0.0521. The smallest absolute Gasteiger partial charge is 0.341 e. The molecule has 0 radical (unpaired) electrons. The lowest BCUT2D eigenvalue weighted by Gasteiger charge is -2.13. The molecule has 0 amide bonds. The summed E-state index contributed by atoms with van der Waals surface area (Å²) in [4.78, 5) is 16.4. The van der Waals surface area contributed by atoms with Gasteiger partial charge in [-0.25, -0.2) is 13.2 Å². The number of aryl methyl sites for hydroxylation is 1. The minimum Gasteiger partial charge on any atom is -0.494 e. The maximum absolute atomic E-state index is 13.3. The summed E-state index contributed by atoms with van der Waals surface area (Å²) in [5, 5.41) is 0.274. The minimum atomic E-state index is -4.06. The Morgan fingerprint density at radius 2 is 2.04 bits per heavy atom. The lowest BCUT2D eigenvalue weighted by Crippen LogP contribution is -2.14. The first kappa shape index (κ1) is 17.9. The van der Waals surface area contributed by atoms with Crippen molar-refractivity contribution in [3.8, 4) is 5.75 Å². The van der Waals surface area contributed by atoms with Crippen LogP contribution in [-0.2, 0) is 14.6 Å².